The number of halogens is 3. The molecule has 1 rings (SSSR count). The Balaban J connectivity index is 3.25. The smallest absolute Gasteiger partial charge is 0.311 e. The largest absolute Gasteiger partial charge is 0.481 e. The van der Waals surface area contributed by atoms with E-state index in [1.54, 1.807) is 6.92 Å². The highest BCUT2D eigenvalue weighted by Gasteiger charge is 2.23. The van der Waals surface area contributed by atoms with Crippen LogP contribution in [0.1, 0.15) is 24.8 Å². The molecule has 0 amide bonds. The van der Waals surface area contributed by atoms with E-state index in [-0.39, 0.29) is 16.5 Å². The molecular weight excluding hydrogens is 270 g/mol. The van der Waals surface area contributed by atoms with Crippen LogP contribution in [0.4, 0.5) is 8.78 Å². The molecule has 0 saturated heterocycles. The van der Waals surface area contributed by atoms with Crippen molar-refractivity contribution in [1.29, 1.82) is 0 Å². The summed E-state index contributed by atoms with van der Waals surface area (Å²) in [5.41, 5.74) is -0.00160. The highest BCUT2D eigenvalue weighted by molar-refractivity contribution is 9.10. The van der Waals surface area contributed by atoms with Gasteiger partial charge in [-0.25, -0.2) is 8.78 Å². The van der Waals surface area contributed by atoms with Crippen molar-refractivity contribution < 1.29 is 18.7 Å². The molecule has 0 fully saturated rings. The van der Waals surface area contributed by atoms with E-state index in [4.69, 9.17) is 5.11 Å². The quantitative estimate of drug-likeness (QED) is 0.862. The monoisotopic (exact) mass is 278 g/mol. The van der Waals surface area contributed by atoms with E-state index in [1.807, 2.05) is 0 Å². The van der Waals surface area contributed by atoms with Gasteiger partial charge in [-0.15, -0.1) is 0 Å². The van der Waals surface area contributed by atoms with Crippen molar-refractivity contribution in [3.05, 3.63) is 33.8 Å². The molecule has 0 spiro atoms. The van der Waals surface area contributed by atoms with Gasteiger partial charge in [0.1, 0.15) is 11.6 Å². The Morgan fingerprint density at radius 2 is 2.13 bits per heavy atom. The van der Waals surface area contributed by atoms with Crippen LogP contribution in [0.15, 0.2) is 16.6 Å². The number of carboxylic acids is 1. The van der Waals surface area contributed by atoms with Crippen molar-refractivity contribution in [2.24, 2.45) is 0 Å². The zero-order valence-electron chi connectivity index (χ0n) is 7.93. The molecule has 2 nitrogen and oxygen atoms in total. The summed E-state index contributed by atoms with van der Waals surface area (Å²) in [6.07, 6.45) is 0.254. The maximum atomic E-state index is 13.5. The Labute approximate surface area is 94.0 Å². The number of rotatable bonds is 3. The van der Waals surface area contributed by atoms with Gasteiger partial charge in [-0.3, -0.25) is 4.79 Å². The Morgan fingerprint density at radius 1 is 1.53 bits per heavy atom. The number of carboxylic acid groups (broad SMARTS) is 1. The summed E-state index contributed by atoms with van der Waals surface area (Å²) in [4.78, 5) is 10.8. The zero-order valence-corrected chi connectivity index (χ0v) is 9.51. The van der Waals surface area contributed by atoms with Crippen molar-refractivity contribution in [2.75, 3.05) is 0 Å². The lowest BCUT2D eigenvalue weighted by molar-refractivity contribution is -0.138. The third-order valence-electron chi connectivity index (χ3n) is 2.15. The van der Waals surface area contributed by atoms with Crippen LogP contribution in [-0.2, 0) is 4.79 Å². The molecule has 0 aliphatic carbocycles. The van der Waals surface area contributed by atoms with Crippen molar-refractivity contribution in [3.8, 4) is 0 Å². The Hall–Kier alpha value is -0.970. The molecular formula is C10H9BrF2O2. The fourth-order valence-corrected chi connectivity index (χ4v) is 1.70. The minimum Gasteiger partial charge on any atom is -0.481 e. The molecule has 0 bridgehead atoms. The van der Waals surface area contributed by atoms with Crippen molar-refractivity contribution in [3.63, 3.8) is 0 Å². The van der Waals surface area contributed by atoms with Gasteiger partial charge in [-0.05, 0) is 28.4 Å². The predicted molar refractivity (Wildman–Crippen MR) is 54.7 cm³/mol. The van der Waals surface area contributed by atoms with E-state index < -0.39 is 23.5 Å². The molecule has 1 N–H and O–H groups in total. The average molecular weight is 279 g/mol. The van der Waals surface area contributed by atoms with Crippen LogP contribution < -0.4 is 0 Å². The second-order valence-electron chi connectivity index (χ2n) is 3.06. The molecule has 0 aliphatic rings. The normalized spacial score (nSPS) is 12.5. The van der Waals surface area contributed by atoms with Gasteiger partial charge >= 0.3 is 5.97 Å². The minimum atomic E-state index is -1.12. The average Bonchev–Trinajstić information content (AvgIpc) is 2.18. The molecule has 1 aromatic carbocycles. The third kappa shape index (κ3) is 2.34. The lowest BCUT2D eigenvalue weighted by atomic mass is 9.96. The summed E-state index contributed by atoms with van der Waals surface area (Å²) in [5, 5.41) is 8.84. The lowest BCUT2D eigenvalue weighted by Gasteiger charge is -2.12. The van der Waals surface area contributed by atoms with E-state index in [0.717, 1.165) is 12.1 Å². The standard InChI is InChI=1S/C10H9BrF2O2/c1-2-5(10(14)15)6-3-4-7(12)8(11)9(6)13/h3-5H,2H2,1H3,(H,14,15). The summed E-state index contributed by atoms with van der Waals surface area (Å²) in [6, 6.07) is 2.21. The molecule has 0 saturated carbocycles. The zero-order chi connectivity index (χ0) is 11.6. The van der Waals surface area contributed by atoms with Crippen LogP contribution in [0.2, 0.25) is 0 Å². The van der Waals surface area contributed by atoms with Crippen LogP contribution in [-0.4, -0.2) is 11.1 Å². The molecule has 1 aromatic rings. The fourth-order valence-electron chi connectivity index (χ4n) is 1.34. The highest BCUT2D eigenvalue weighted by atomic mass is 79.9. The first-order valence-corrected chi connectivity index (χ1v) is 5.14. The Bertz CT molecular complexity index is 393. The molecule has 0 aliphatic heterocycles. The lowest BCUT2D eigenvalue weighted by Crippen LogP contribution is -2.12. The summed E-state index contributed by atoms with van der Waals surface area (Å²) in [7, 11) is 0. The molecule has 1 atom stereocenters. The second kappa shape index (κ2) is 4.70. The SMILES string of the molecule is CCC(C(=O)O)c1ccc(F)c(Br)c1F. The van der Waals surface area contributed by atoms with Crippen LogP contribution >= 0.6 is 15.9 Å². The number of hydrogen-bond acceptors (Lipinski definition) is 1. The summed E-state index contributed by atoms with van der Waals surface area (Å²) < 4.78 is 26.1. The van der Waals surface area contributed by atoms with Crippen molar-refractivity contribution in [2.45, 2.75) is 19.3 Å². The number of benzene rings is 1. The van der Waals surface area contributed by atoms with Gasteiger partial charge in [0.2, 0.25) is 0 Å². The van der Waals surface area contributed by atoms with Crippen LogP contribution in [0.25, 0.3) is 0 Å². The van der Waals surface area contributed by atoms with Gasteiger partial charge in [-0.1, -0.05) is 13.0 Å². The molecule has 0 radical (unpaired) electrons. The van der Waals surface area contributed by atoms with Gasteiger partial charge in [0.15, 0.2) is 0 Å². The Morgan fingerprint density at radius 3 is 2.60 bits per heavy atom. The fraction of sp³-hybridized carbons (Fsp3) is 0.300. The molecule has 0 heterocycles. The minimum absolute atomic E-state index is 0.00160. The molecule has 82 valence electrons. The number of hydrogen-bond donors (Lipinski definition) is 1. The van der Waals surface area contributed by atoms with Gasteiger partial charge in [-0.2, -0.15) is 0 Å². The van der Waals surface area contributed by atoms with E-state index in [1.165, 1.54) is 0 Å². The summed E-state index contributed by atoms with van der Waals surface area (Å²) in [5.74, 6) is -3.64. The maximum Gasteiger partial charge on any atom is 0.311 e. The first-order chi connectivity index (χ1) is 6.99. The van der Waals surface area contributed by atoms with Crippen molar-refractivity contribution in [1.82, 2.24) is 0 Å². The van der Waals surface area contributed by atoms with E-state index in [2.05, 4.69) is 15.9 Å². The number of carbonyl (C=O) groups is 1. The summed E-state index contributed by atoms with van der Waals surface area (Å²) >= 11 is 2.73. The molecule has 5 heteroatoms. The summed E-state index contributed by atoms with van der Waals surface area (Å²) in [6.45, 7) is 1.63. The van der Waals surface area contributed by atoms with Crippen LogP contribution in [0.5, 0.6) is 0 Å². The first-order valence-electron chi connectivity index (χ1n) is 4.35. The van der Waals surface area contributed by atoms with Crippen LogP contribution in [0, 0.1) is 11.6 Å². The van der Waals surface area contributed by atoms with E-state index in [0.29, 0.717) is 0 Å². The Kier molecular flexibility index (Phi) is 3.79. The van der Waals surface area contributed by atoms with Gasteiger partial charge < -0.3 is 5.11 Å². The van der Waals surface area contributed by atoms with Crippen molar-refractivity contribution >= 4 is 21.9 Å². The topological polar surface area (TPSA) is 37.3 Å². The van der Waals surface area contributed by atoms with Gasteiger partial charge in [0.25, 0.3) is 0 Å². The highest BCUT2D eigenvalue weighted by Crippen LogP contribution is 2.29. The first kappa shape index (κ1) is 12.1. The van der Waals surface area contributed by atoms with Gasteiger partial charge in [0, 0.05) is 5.56 Å². The van der Waals surface area contributed by atoms with E-state index >= 15 is 0 Å². The predicted octanol–water partition coefficient (Wildman–Crippen LogP) is 3.31. The maximum absolute atomic E-state index is 13.5. The second-order valence-corrected chi connectivity index (χ2v) is 3.86. The molecule has 15 heavy (non-hydrogen) atoms. The molecule has 0 aromatic heterocycles. The van der Waals surface area contributed by atoms with Gasteiger partial charge in [0.05, 0.1) is 10.4 Å². The number of aliphatic carboxylic acids is 1. The van der Waals surface area contributed by atoms with E-state index in [9.17, 15) is 13.6 Å². The van der Waals surface area contributed by atoms with Crippen LogP contribution in [0.3, 0.4) is 0 Å². The molecule has 1 unspecified atom stereocenters. The third-order valence-corrected chi connectivity index (χ3v) is 2.87.